The first-order chi connectivity index (χ1) is 8.22. The van der Waals surface area contributed by atoms with Crippen LogP contribution in [-0.2, 0) is 12.8 Å². The first-order valence-electron chi connectivity index (χ1n) is 6.39. The maximum atomic E-state index is 5.79. The highest BCUT2D eigenvalue weighted by Gasteiger charge is 2.28. The molecule has 5 heteroatoms. The van der Waals surface area contributed by atoms with Gasteiger partial charge in [-0.25, -0.2) is 4.98 Å². The van der Waals surface area contributed by atoms with E-state index < -0.39 is 0 Å². The predicted octanol–water partition coefficient (Wildman–Crippen LogP) is 0.830. The van der Waals surface area contributed by atoms with Crippen molar-refractivity contribution >= 4 is 16.5 Å². The average molecular weight is 252 g/mol. The monoisotopic (exact) mass is 252 g/mol. The summed E-state index contributed by atoms with van der Waals surface area (Å²) in [5, 5.41) is 0.744. The van der Waals surface area contributed by atoms with Gasteiger partial charge in [0.25, 0.3) is 0 Å². The van der Waals surface area contributed by atoms with Crippen molar-refractivity contribution in [3.8, 4) is 0 Å². The second-order valence-corrected chi connectivity index (χ2v) is 6.27. The van der Waals surface area contributed by atoms with Gasteiger partial charge in [0.1, 0.15) is 0 Å². The van der Waals surface area contributed by atoms with E-state index in [0.717, 1.165) is 24.0 Å². The lowest BCUT2D eigenvalue weighted by Gasteiger charge is -2.39. The molecule has 1 aliphatic heterocycles. The van der Waals surface area contributed by atoms with Gasteiger partial charge in [-0.3, -0.25) is 4.90 Å². The molecule has 1 saturated heterocycles. The third-order valence-electron chi connectivity index (χ3n) is 3.98. The van der Waals surface area contributed by atoms with Crippen molar-refractivity contribution in [1.29, 1.82) is 0 Å². The Morgan fingerprint density at radius 3 is 2.82 bits per heavy atom. The molecule has 1 unspecified atom stereocenters. The van der Waals surface area contributed by atoms with Crippen LogP contribution in [0, 0.1) is 0 Å². The van der Waals surface area contributed by atoms with Gasteiger partial charge in [0, 0.05) is 37.1 Å². The summed E-state index contributed by atoms with van der Waals surface area (Å²) in [5.41, 5.74) is 7.05. The van der Waals surface area contributed by atoms with Crippen molar-refractivity contribution < 1.29 is 0 Å². The van der Waals surface area contributed by atoms with Crippen LogP contribution in [0.2, 0.25) is 0 Å². The largest absolute Gasteiger partial charge is 0.375 e. The van der Waals surface area contributed by atoms with Crippen LogP contribution in [0.25, 0.3) is 0 Å². The average Bonchev–Trinajstić information content (AvgIpc) is 2.69. The van der Waals surface area contributed by atoms with Crippen LogP contribution in [-0.4, -0.2) is 54.1 Å². The molecule has 94 valence electrons. The Labute approximate surface area is 106 Å². The van der Waals surface area contributed by atoms with Gasteiger partial charge in [0.2, 0.25) is 0 Å². The molecule has 0 bridgehead atoms. The van der Waals surface area contributed by atoms with Crippen LogP contribution in [0.5, 0.6) is 0 Å². The number of hydrogen-bond acceptors (Lipinski definition) is 5. The number of thiazole rings is 1. The topological polar surface area (TPSA) is 45.4 Å². The van der Waals surface area contributed by atoms with Gasteiger partial charge < -0.3 is 10.6 Å². The van der Waals surface area contributed by atoms with E-state index in [1.807, 2.05) is 0 Å². The van der Waals surface area contributed by atoms with Gasteiger partial charge in [-0.2, -0.15) is 0 Å². The highest BCUT2D eigenvalue weighted by atomic mass is 32.1. The van der Waals surface area contributed by atoms with Crippen molar-refractivity contribution in [1.82, 2.24) is 14.8 Å². The van der Waals surface area contributed by atoms with Crippen LogP contribution in [0.15, 0.2) is 0 Å². The lowest BCUT2D eigenvalue weighted by Crippen LogP contribution is -2.50. The first-order valence-corrected chi connectivity index (χ1v) is 7.20. The van der Waals surface area contributed by atoms with Gasteiger partial charge >= 0.3 is 0 Å². The van der Waals surface area contributed by atoms with Gasteiger partial charge in [-0.05, 0) is 26.3 Å². The minimum atomic E-state index is 0.719. The molecule has 1 aromatic rings. The molecule has 3 rings (SSSR count). The molecule has 0 amide bonds. The zero-order valence-electron chi connectivity index (χ0n) is 10.4. The number of rotatable bonds is 1. The van der Waals surface area contributed by atoms with Crippen LogP contribution in [0.4, 0.5) is 5.13 Å². The molecular formula is C12H20N4S. The standard InChI is InChI=1S/C12H20N4S/c1-15-4-6-16(7-5-15)9-2-3-10-11(8-9)17-12(13)14-10/h9H,2-8H2,1H3,(H2,13,14). The smallest absolute Gasteiger partial charge is 0.180 e. The number of nitrogen functional groups attached to an aromatic ring is 1. The molecule has 17 heavy (non-hydrogen) atoms. The molecule has 1 fully saturated rings. The van der Waals surface area contributed by atoms with Crippen molar-refractivity contribution in [2.45, 2.75) is 25.3 Å². The molecule has 0 radical (unpaired) electrons. The number of piperazine rings is 1. The van der Waals surface area contributed by atoms with E-state index in [9.17, 15) is 0 Å². The van der Waals surface area contributed by atoms with Crippen LogP contribution < -0.4 is 5.73 Å². The molecule has 2 aliphatic rings. The van der Waals surface area contributed by atoms with E-state index in [4.69, 9.17) is 5.73 Å². The molecule has 1 aliphatic carbocycles. The quantitative estimate of drug-likeness (QED) is 0.804. The maximum Gasteiger partial charge on any atom is 0.180 e. The summed E-state index contributed by atoms with van der Waals surface area (Å²) in [6, 6.07) is 0.719. The number of nitrogens with zero attached hydrogens (tertiary/aromatic N) is 3. The third-order valence-corrected chi connectivity index (χ3v) is 4.93. The SMILES string of the molecule is CN1CCN(C2CCc3nc(N)sc3C2)CC1. The van der Waals surface area contributed by atoms with Crippen molar-refractivity contribution in [3.05, 3.63) is 10.6 Å². The molecule has 0 aromatic carbocycles. The van der Waals surface area contributed by atoms with E-state index >= 15 is 0 Å². The van der Waals surface area contributed by atoms with E-state index in [-0.39, 0.29) is 0 Å². The predicted molar refractivity (Wildman–Crippen MR) is 71.4 cm³/mol. The molecule has 0 spiro atoms. The number of anilines is 1. The fourth-order valence-corrected chi connectivity index (χ4v) is 3.83. The number of likely N-dealkylation sites (N-methyl/N-ethyl adjacent to an activating group) is 1. The summed E-state index contributed by atoms with van der Waals surface area (Å²) in [5.74, 6) is 0. The molecule has 1 aromatic heterocycles. The van der Waals surface area contributed by atoms with Crippen molar-refractivity contribution in [2.24, 2.45) is 0 Å². The zero-order valence-corrected chi connectivity index (χ0v) is 11.2. The Bertz CT molecular complexity index is 395. The maximum absolute atomic E-state index is 5.79. The van der Waals surface area contributed by atoms with Crippen LogP contribution in [0.1, 0.15) is 17.0 Å². The van der Waals surface area contributed by atoms with Crippen LogP contribution >= 0.6 is 11.3 Å². The Kier molecular flexibility index (Phi) is 3.06. The Morgan fingerprint density at radius 2 is 2.06 bits per heavy atom. The second kappa shape index (κ2) is 4.55. The second-order valence-electron chi connectivity index (χ2n) is 5.16. The lowest BCUT2D eigenvalue weighted by atomic mass is 9.96. The van der Waals surface area contributed by atoms with Crippen molar-refractivity contribution in [3.63, 3.8) is 0 Å². The highest BCUT2D eigenvalue weighted by molar-refractivity contribution is 7.15. The van der Waals surface area contributed by atoms with Gasteiger partial charge in [-0.15, -0.1) is 11.3 Å². The fraction of sp³-hybridized carbons (Fsp3) is 0.750. The lowest BCUT2D eigenvalue weighted by molar-refractivity contribution is 0.104. The Morgan fingerprint density at radius 1 is 1.29 bits per heavy atom. The molecular weight excluding hydrogens is 232 g/mol. The van der Waals surface area contributed by atoms with E-state index in [0.29, 0.717) is 0 Å². The number of aryl methyl sites for hydroxylation is 1. The summed E-state index contributed by atoms with van der Waals surface area (Å²) < 4.78 is 0. The minimum Gasteiger partial charge on any atom is -0.375 e. The summed E-state index contributed by atoms with van der Waals surface area (Å²) in [6.07, 6.45) is 3.52. The summed E-state index contributed by atoms with van der Waals surface area (Å²) >= 11 is 1.69. The normalized spacial score (nSPS) is 27.0. The Hall–Kier alpha value is -0.650. The molecule has 0 saturated carbocycles. The number of hydrogen-bond donors (Lipinski definition) is 1. The van der Waals surface area contributed by atoms with Gasteiger partial charge in [0.05, 0.1) is 5.69 Å². The number of aromatic nitrogens is 1. The highest BCUT2D eigenvalue weighted by Crippen LogP contribution is 2.30. The minimum absolute atomic E-state index is 0.719. The number of fused-ring (bicyclic) bond motifs is 1. The third kappa shape index (κ3) is 2.32. The van der Waals surface area contributed by atoms with E-state index in [2.05, 4.69) is 21.8 Å². The molecule has 2 heterocycles. The van der Waals surface area contributed by atoms with Crippen LogP contribution in [0.3, 0.4) is 0 Å². The van der Waals surface area contributed by atoms with Crippen molar-refractivity contribution in [2.75, 3.05) is 39.0 Å². The Balaban J connectivity index is 1.67. The summed E-state index contributed by atoms with van der Waals surface area (Å²) in [4.78, 5) is 10.9. The summed E-state index contributed by atoms with van der Waals surface area (Å²) in [7, 11) is 2.21. The first kappa shape index (κ1) is 11.4. The van der Waals surface area contributed by atoms with E-state index in [1.165, 1.54) is 43.2 Å². The van der Waals surface area contributed by atoms with E-state index in [1.54, 1.807) is 11.3 Å². The summed E-state index contributed by atoms with van der Waals surface area (Å²) in [6.45, 7) is 4.83. The molecule has 4 nitrogen and oxygen atoms in total. The molecule has 2 N–H and O–H groups in total. The molecule has 1 atom stereocenters. The van der Waals surface area contributed by atoms with Gasteiger partial charge in [0.15, 0.2) is 5.13 Å². The number of nitrogens with two attached hydrogens (primary N) is 1. The fourth-order valence-electron chi connectivity index (χ4n) is 2.88. The van der Waals surface area contributed by atoms with Gasteiger partial charge in [-0.1, -0.05) is 0 Å². The zero-order chi connectivity index (χ0) is 11.8.